The summed E-state index contributed by atoms with van der Waals surface area (Å²) in [6, 6.07) is 12.5. The van der Waals surface area contributed by atoms with Gasteiger partial charge in [0, 0.05) is 11.6 Å². The lowest BCUT2D eigenvalue weighted by Gasteiger charge is -2.10. The van der Waals surface area contributed by atoms with Gasteiger partial charge in [0.1, 0.15) is 5.75 Å². The van der Waals surface area contributed by atoms with Crippen LogP contribution in [-0.4, -0.2) is 12.0 Å². The molecule has 0 saturated carbocycles. The summed E-state index contributed by atoms with van der Waals surface area (Å²) in [7, 11) is 1.51. The quantitative estimate of drug-likeness (QED) is 0.611. The van der Waals surface area contributed by atoms with Crippen molar-refractivity contribution in [1.29, 1.82) is 0 Å². The lowest BCUT2D eigenvalue weighted by Crippen LogP contribution is -1.93. The number of aryl methyl sites for hydroxylation is 1. The summed E-state index contributed by atoms with van der Waals surface area (Å²) in [4.78, 5) is 10.3. The van der Waals surface area contributed by atoms with Gasteiger partial charge in [0.05, 0.1) is 18.1 Å². The number of non-ortho nitro benzene ring substituents is 1. The number of methoxy groups -OCH3 is 1. The molecule has 0 saturated heterocycles. The van der Waals surface area contributed by atoms with Crippen molar-refractivity contribution < 1.29 is 9.66 Å². The van der Waals surface area contributed by atoms with E-state index in [1.165, 1.54) is 19.2 Å². The Labute approximate surface area is 105 Å². The number of benzene rings is 2. The van der Waals surface area contributed by atoms with Gasteiger partial charge in [0.2, 0.25) is 0 Å². The van der Waals surface area contributed by atoms with E-state index in [1.807, 2.05) is 31.2 Å². The molecule has 0 fully saturated rings. The zero-order chi connectivity index (χ0) is 13.1. The van der Waals surface area contributed by atoms with E-state index >= 15 is 0 Å². The predicted molar refractivity (Wildman–Crippen MR) is 69.8 cm³/mol. The summed E-state index contributed by atoms with van der Waals surface area (Å²) in [6.45, 7) is 2.00. The summed E-state index contributed by atoms with van der Waals surface area (Å²) in [5, 5.41) is 10.7. The SMILES string of the molecule is COc1cc([N+](=O)[O-])ccc1-c1ccccc1C. The molecule has 0 unspecified atom stereocenters. The Balaban J connectivity index is 2.58. The summed E-state index contributed by atoms with van der Waals surface area (Å²) in [6.07, 6.45) is 0. The minimum Gasteiger partial charge on any atom is -0.496 e. The van der Waals surface area contributed by atoms with Crippen molar-refractivity contribution in [2.45, 2.75) is 6.92 Å². The van der Waals surface area contributed by atoms with E-state index in [-0.39, 0.29) is 5.69 Å². The molecule has 0 aliphatic heterocycles. The molecule has 0 amide bonds. The summed E-state index contributed by atoms with van der Waals surface area (Å²) in [5.41, 5.74) is 3.01. The second-order valence-electron chi connectivity index (χ2n) is 3.96. The number of hydrogen-bond acceptors (Lipinski definition) is 3. The lowest BCUT2D eigenvalue weighted by atomic mass is 9.99. The molecule has 92 valence electrons. The molecule has 0 aliphatic rings. The first-order valence-corrected chi connectivity index (χ1v) is 5.52. The molecular formula is C14H13NO3. The van der Waals surface area contributed by atoms with Crippen molar-refractivity contribution in [2.24, 2.45) is 0 Å². The third-order valence-corrected chi connectivity index (χ3v) is 2.83. The molecule has 18 heavy (non-hydrogen) atoms. The van der Waals surface area contributed by atoms with Crippen LogP contribution in [0.25, 0.3) is 11.1 Å². The van der Waals surface area contributed by atoms with Crippen LogP contribution in [0.1, 0.15) is 5.56 Å². The average molecular weight is 243 g/mol. The highest BCUT2D eigenvalue weighted by atomic mass is 16.6. The zero-order valence-corrected chi connectivity index (χ0v) is 10.2. The fourth-order valence-electron chi connectivity index (χ4n) is 1.89. The summed E-state index contributed by atoms with van der Waals surface area (Å²) >= 11 is 0. The van der Waals surface area contributed by atoms with E-state index in [0.717, 1.165) is 16.7 Å². The Bertz CT molecular complexity index is 593. The number of hydrogen-bond donors (Lipinski definition) is 0. The van der Waals surface area contributed by atoms with Crippen LogP contribution in [0.5, 0.6) is 5.75 Å². The van der Waals surface area contributed by atoms with Crippen LogP contribution >= 0.6 is 0 Å². The van der Waals surface area contributed by atoms with Crippen molar-refractivity contribution in [1.82, 2.24) is 0 Å². The molecule has 2 aromatic rings. The summed E-state index contributed by atoms with van der Waals surface area (Å²) < 4.78 is 5.24. The molecule has 4 nitrogen and oxygen atoms in total. The van der Waals surface area contributed by atoms with Gasteiger partial charge in [0.15, 0.2) is 0 Å². The van der Waals surface area contributed by atoms with E-state index in [4.69, 9.17) is 4.74 Å². The normalized spacial score (nSPS) is 10.1. The smallest absolute Gasteiger partial charge is 0.273 e. The Hall–Kier alpha value is -2.36. The fourth-order valence-corrected chi connectivity index (χ4v) is 1.89. The van der Waals surface area contributed by atoms with Crippen LogP contribution in [0.3, 0.4) is 0 Å². The number of ether oxygens (including phenoxy) is 1. The molecule has 0 aromatic heterocycles. The second-order valence-corrected chi connectivity index (χ2v) is 3.96. The maximum atomic E-state index is 10.7. The van der Waals surface area contributed by atoms with Crippen LogP contribution in [0, 0.1) is 17.0 Å². The molecule has 0 radical (unpaired) electrons. The Morgan fingerprint density at radius 2 is 1.83 bits per heavy atom. The van der Waals surface area contributed by atoms with Crippen LogP contribution in [-0.2, 0) is 0 Å². The third kappa shape index (κ3) is 2.18. The Morgan fingerprint density at radius 1 is 1.11 bits per heavy atom. The molecule has 0 spiro atoms. The highest BCUT2D eigenvalue weighted by Gasteiger charge is 2.13. The molecule has 2 aromatic carbocycles. The standard InChI is InChI=1S/C14H13NO3/c1-10-5-3-4-6-12(10)13-8-7-11(15(16)17)9-14(13)18-2/h3-9H,1-2H3. The first-order chi connectivity index (χ1) is 8.63. The lowest BCUT2D eigenvalue weighted by molar-refractivity contribution is -0.384. The van der Waals surface area contributed by atoms with Crippen molar-refractivity contribution in [3.05, 3.63) is 58.1 Å². The van der Waals surface area contributed by atoms with Crippen molar-refractivity contribution in [3.8, 4) is 16.9 Å². The number of nitro groups is 1. The van der Waals surface area contributed by atoms with Crippen molar-refractivity contribution in [3.63, 3.8) is 0 Å². The summed E-state index contributed by atoms with van der Waals surface area (Å²) in [5.74, 6) is 0.512. The molecular weight excluding hydrogens is 230 g/mol. The monoisotopic (exact) mass is 243 g/mol. The van der Waals surface area contributed by atoms with Crippen molar-refractivity contribution >= 4 is 5.69 Å². The minimum absolute atomic E-state index is 0.0317. The Kier molecular flexibility index (Phi) is 3.28. The van der Waals surface area contributed by atoms with Gasteiger partial charge in [0.25, 0.3) is 5.69 Å². The molecule has 0 atom stereocenters. The highest BCUT2D eigenvalue weighted by Crippen LogP contribution is 2.34. The predicted octanol–water partition coefficient (Wildman–Crippen LogP) is 3.58. The van der Waals surface area contributed by atoms with Gasteiger partial charge in [-0.2, -0.15) is 0 Å². The first-order valence-electron chi connectivity index (χ1n) is 5.52. The molecule has 0 N–H and O–H groups in total. The van der Waals surface area contributed by atoms with Crippen LogP contribution in [0.4, 0.5) is 5.69 Å². The van der Waals surface area contributed by atoms with E-state index < -0.39 is 4.92 Å². The maximum Gasteiger partial charge on any atom is 0.273 e. The third-order valence-electron chi connectivity index (χ3n) is 2.83. The highest BCUT2D eigenvalue weighted by molar-refractivity contribution is 5.74. The van der Waals surface area contributed by atoms with Gasteiger partial charge in [-0.25, -0.2) is 0 Å². The molecule has 0 bridgehead atoms. The van der Waals surface area contributed by atoms with Gasteiger partial charge in [-0.05, 0) is 24.1 Å². The van der Waals surface area contributed by atoms with Crippen LogP contribution < -0.4 is 4.74 Å². The van der Waals surface area contributed by atoms with E-state index in [0.29, 0.717) is 5.75 Å². The van der Waals surface area contributed by atoms with Gasteiger partial charge in [-0.15, -0.1) is 0 Å². The number of rotatable bonds is 3. The van der Waals surface area contributed by atoms with Crippen LogP contribution in [0.2, 0.25) is 0 Å². The van der Waals surface area contributed by atoms with Crippen molar-refractivity contribution in [2.75, 3.05) is 7.11 Å². The second kappa shape index (κ2) is 4.87. The Morgan fingerprint density at radius 3 is 2.44 bits per heavy atom. The van der Waals surface area contributed by atoms with E-state index in [2.05, 4.69) is 0 Å². The van der Waals surface area contributed by atoms with Gasteiger partial charge in [-0.3, -0.25) is 10.1 Å². The zero-order valence-electron chi connectivity index (χ0n) is 10.2. The average Bonchev–Trinajstić information content (AvgIpc) is 2.38. The van der Waals surface area contributed by atoms with Gasteiger partial charge >= 0.3 is 0 Å². The van der Waals surface area contributed by atoms with Gasteiger partial charge < -0.3 is 4.74 Å². The first kappa shape index (κ1) is 12.1. The van der Waals surface area contributed by atoms with E-state index in [9.17, 15) is 10.1 Å². The molecule has 0 aliphatic carbocycles. The fraction of sp³-hybridized carbons (Fsp3) is 0.143. The maximum absolute atomic E-state index is 10.7. The van der Waals surface area contributed by atoms with Crippen LogP contribution in [0.15, 0.2) is 42.5 Å². The van der Waals surface area contributed by atoms with Gasteiger partial charge in [-0.1, -0.05) is 24.3 Å². The molecule has 0 heterocycles. The number of nitro benzene ring substituents is 1. The minimum atomic E-state index is -0.426. The van der Waals surface area contributed by atoms with E-state index in [1.54, 1.807) is 6.07 Å². The number of nitrogens with zero attached hydrogens (tertiary/aromatic N) is 1. The largest absolute Gasteiger partial charge is 0.496 e. The molecule has 4 heteroatoms. The topological polar surface area (TPSA) is 52.4 Å². The molecule has 2 rings (SSSR count).